The van der Waals surface area contributed by atoms with E-state index in [9.17, 15) is 9.59 Å². The largest absolute Gasteiger partial charge is 0.404 e. The van der Waals surface area contributed by atoms with Gasteiger partial charge in [0.05, 0.1) is 11.8 Å². The molecule has 0 bridgehead atoms. The number of nitrogens with zero attached hydrogens (tertiary/aromatic N) is 2. The van der Waals surface area contributed by atoms with Crippen LogP contribution in [0.25, 0.3) is 6.20 Å². The topological polar surface area (TPSA) is 51.5 Å². The summed E-state index contributed by atoms with van der Waals surface area (Å²) in [6.45, 7) is 7.99. The van der Waals surface area contributed by atoms with Crippen molar-refractivity contribution < 1.29 is 9.53 Å². The Labute approximate surface area is 158 Å². The maximum Gasteiger partial charge on any atom is 0.344 e. The van der Waals surface area contributed by atoms with Gasteiger partial charge in [0.15, 0.2) is 0 Å². The first kappa shape index (κ1) is 19.8. The molecule has 0 N–H and O–H groups in total. The number of hydrogen-bond donors (Lipinski definition) is 0. The van der Waals surface area contributed by atoms with Gasteiger partial charge in [-0.15, -0.1) is 0 Å². The van der Waals surface area contributed by atoms with E-state index in [0.29, 0.717) is 16.5 Å². The van der Waals surface area contributed by atoms with Crippen LogP contribution in [0.1, 0.15) is 38.1 Å². The first-order valence-electron chi connectivity index (χ1n) is 8.44. The molecule has 0 unspecified atom stereocenters. The summed E-state index contributed by atoms with van der Waals surface area (Å²) < 4.78 is 7.06. The zero-order valence-corrected chi connectivity index (χ0v) is 16.1. The van der Waals surface area contributed by atoms with Crippen LogP contribution in [-0.2, 0) is 4.74 Å². The molecule has 0 aliphatic rings. The van der Waals surface area contributed by atoms with Crippen LogP contribution < -0.4 is 5.56 Å². The van der Waals surface area contributed by atoms with Crippen molar-refractivity contribution in [2.75, 3.05) is 0 Å². The summed E-state index contributed by atoms with van der Waals surface area (Å²) >= 11 is 5.87. The van der Waals surface area contributed by atoms with Gasteiger partial charge in [-0.2, -0.15) is 0 Å². The minimum Gasteiger partial charge on any atom is -0.404 e. The Morgan fingerprint density at radius 1 is 1.08 bits per heavy atom. The fourth-order valence-corrected chi connectivity index (χ4v) is 2.78. The Bertz CT molecular complexity index is 831. The molecule has 0 amide bonds. The lowest BCUT2D eigenvalue weighted by Gasteiger charge is -2.33. The lowest BCUT2D eigenvalue weighted by molar-refractivity contribution is 0.0423. The van der Waals surface area contributed by atoms with Crippen molar-refractivity contribution in [1.29, 1.82) is 0 Å². The fraction of sp³-hybridized carbons (Fsp3) is 0.300. The van der Waals surface area contributed by atoms with Gasteiger partial charge in [-0.05, 0) is 58.0 Å². The van der Waals surface area contributed by atoms with Gasteiger partial charge in [-0.3, -0.25) is 9.36 Å². The average molecular weight is 375 g/mol. The van der Waals surface area contributed by atoms with E-state index in [1.54, 1.807) is 42.6 Å². The summed E-state index contributed by atoms with van der Waals surface area (Å²) in [5.74, 6) is -0.202. The van der Waals surface area contributed by atoms with Gasteiger partial charge in [0.25, 0.3) is 5.56 Å². The van der Waals surface area contributed by atoms with E-state index >= 15 is 0 Å². The fourth-order valence-electron chi connectivity index (χ4n) is 2.66. The molecule has 1 aromatic heterocycles. The number of benzene rings is 1. The highest BCUT2D eigenvalue weighted by Gasteiger charge is 2.22. The van der Waals surface area contributed by atoms with Gasteiger partial charge in [0, 0.05) is 29.4 Å². The van der Waals surface area contributed by atoms with E-state index in [4.69, 9.17) is 16.3 Å². The molecule has 2 aromatic rings. The highest BCUT2D eigenvalue weighted by Crippen LogP contribution is 2.19. The molecule has 0 fully saturated rings. The average Bonchev–Trinajstić information content (AvgIpc) is 2.56. The second-order valence-electron chi connectivity index (χ2n) is 6.40. The van der Waals surface area contributed by atoms with Crippen molar-refractivity contribution in [3.05, 3.63) is 75.5 Å². The second-order valence-corrected chi connectivity index (χ2v) is 6.84. The van der Waals surface area contributed by atoms with Crippen LogP contribution in [0, 0.1) is 0 Å². The Balaban J connectivity index is 2.43. The first-order valence-corrected chi connectivity index (χ1v) is 8.82. The molecule has 1 aromatic carbocycles. The van der Waals surface area contributed by atoms with Gasteiger partial charge in [0.1, 0.15) is 0 Å². The summed E-state index contributed by atoms with van der Waals surface area (Å²) in [6, 6.07) is 11.5. The Kier molecular flexibility index (Phi) is 6.64. The van der Waals surface area contributed by atoms with Gasteiger partial charge in [-0.1, -0.05) is 17.7 Å². The summed E-state index contributed by atoms with van der Waals surface area (Å²) in [7, 11) is 0. The summed E-state index contributed by atoms with van der Waals surface area (Å²) in [5.41, 5.74) is 0.174. The van der Waals surface area contributed by atoms with E-state index in [0.717, 1.165) is 0 Å². The van der Waals surface area contributed by atoms with E-state index in [1.807, 2.05) is 32.6 Å². The molecule has 138 valence electrons. The van der Waals surface area contributed by atoms with Crippen molar-refractivity contribution in [3.8, 4) is 0 Å². The molecule has 5 nitrogen and oxygen atoms in total. The number of hydrogen-bond acceptors (Lipinski definition) is 4. The molecule has 2 rings (SSSR count). The Morgan fingerprint density at radius 2 is 1.69 bits per heavy atom. The molecule has 26 heavy (non-hydrogen) atoms. The second kappa shape index (κ2) is 8.72. The summed E-state index contributed by atoms with van der Waals surface area (Å²) in [4.78, 5) is 26.6. The monoisotopic (exact) mass is 374 g/mol. The Morgan fingerprint density at radius 3 is 2.23 bits per heavy atom. The smallest absolute Gasteiger partial charge is 0.344 e. The molecule has 0 radical (unpaired) electrons. The molecule has 0 spiro atoms. The quantitative estimate of drug-likeness (QED) is 0.560. The van der Waals surface area contributed by atoms with Gasteiger partial charge in [0.2, 0.25) is 5.88 Å². The van der Waals surface area contributed by atoms with Crippen LogP contribution in [0.4, 0.5) is 0 Å². The lowest BCUT2D eigenvalue weighted by Crippen LogP contribution is -2.38. The van der Waals surface area contributed by atoms with Crippen molar-refractivity contribution >= 4 is 23.8 Å². The molecular weight excluding hydrogens is 352 g/mol. The number of esters is 1. The molecule has 0 aliphatic carbocycles. The number of ether oxygens (including phenoxy) is 1. The zero-order valence-electron chi connectivity index (χ0n) is 15.3. The number of carbonyl (C=O) groups is 1. The van der Waals surface area contributed by atoms with Gasteiger partial charge >= 0.3 is 5.97 Å². The summed E-state index contributed by atoms with van der Waals surface area (Å²) in [5, 5.41) is 0.541. The van der Waals surface area contributed by atoms with Crippen molar-refractivity contribution in [2.45, 2.75) is 39.8 Å². The number of halogens is 1. The molecule has 0 saturated carbocycles. The number of carbonyl (C=O) groups excluding carboxylic acids is 1. The van der Waals surface area contributed by atoms with Crippen LogP contribution in [0.5, 0.6) is 0 Å². The molecule has 0 atom stereocenters. The third-order valence-corrected chi connectivity index (χ3v) is 4.00. The van der Waals surface area contributed by atoms with E-state index < -0.39 is 5.97 Å². The molecular formula is C20H23ClN2O3. The highest BCUT2D eigenvalue weighted by molar-refractivity contribution is 6.30. The lowest BCUT2D eigenvalue weighted by atomic mass is 10.2. The maximum absolute atomic E-state index is 12.6. The van der Waals surface area contributed by atoms with Crippen LogP contribution >= 0.6 is 11.6 Å². The standard InChI is InChI=1S/C20H23ClN2O3/c1-14(2)23(15(3)4)19(13-22-12-6-5-7-18(22)24)26-20(25)16-8-10-17(21)11-9-16/h5-15H,1-4H3/b19-13-. The zero-order chi connectivity index (χ0) is 19.3. The minimum atomic E-state index is -0.511. The van der Waals surface area contributed by atoms with Crippen LogP contribution in [0.3, 0.4) is 0 Å². The van der Waals surface area contributed by atoms with Gasteiger partial charge < -0.3 is 9.64 Å². The SMILES string of the molecule is CC(C)N(/C(=C/n1ccccc1=O)OC(=O)c1ccc(Cl)cc1)C(C)C. The van der Waals surface area contributed by atoms with E-state index in [-0.39, 0.29) is 17.6 Å². The number of pyridine rings is 1. The van der Waals surface area contributed by atoms with E-state index in [2.05, 4.69) is 0 Å². The third kappa shape index (κ3) is 4.99. The molecule has 0 aliphatic heterocycles. The first-order chi connectivity index (χ1) is 12.3. The van der Waals surface area contributed by atoms with Gasteiger partial charge in [-0.25, -0.2) is 4.79 Å². The van der Waals surface area contributed by atoms with Crippen molar-refractivity contribution in [1.82, 2.24) is 9.47 Å². The molecule has 0 saturated heterocycles. The van der Waals surface area contributed by atoms with Crippen LogP contribution in [0.2, 0.25) is 5.02 Å². The van der Waals surface area contributed by atoms with Crippen molar-refractivity contribution in [2.24, 2.45) is 0 Å². The van der Waals surface area contributed by atoms with E-state index in [1.165, 1.54) is 16.8 Å². The highest BCUT2D eigenvalue weighted by atomic mass is 35.5. The summed E-state index contributed by atoms with van der Waals surface area (Å²) in [6.07, 6.45) is 3.16. The Hall–Kier alpha value is -2.53. The molecule has 1 heterocycles. The molecule has 6 heteroatoms. The number of rotatable bonds is 6. The maximum atomic E-state index is 12.6. The predicted octanol–water partition coefficient (Wildman–Crippen LogP) is 4.23. The number of aromatic nitrogens is 1. The van der Waals surface area contributed by atoms with Crippen LogP contribution in [0.15, 0.2) is 59.3 Å². The predicted molar refractivity (Wildman–Crippen MR) is 104 cm³/mol. The third-order valence-electron chi connectivity index (χ3n) is 3.74. The van der Waals surface area contributed by atoms with Crippen molar-refractivity contribution in [3.63, 3.8) is 0 Å². The minimum absolute atomic E-state index is 0.0682. The van der Waals surface area contributed by atoms with Crippen LogP contribution in [-0.4, -0.2) is 27.5 Å². The normalized spacial score (nSPS) is 11.7.